The van der Waals surface area contributed by atoms with E-state index in [0.29, 0.717) is 12.8 Å². The topological polar surface area (TPSA) is 54.4 Å². The lowest BCUT2D eigenvalue weighted by Crippen LogP contribution is -2.07. The highest BCUT2D eigenvalue weighted by molar-refractivity contribution is 5.94. The molecule has 2 rings (SSSR count). The number of hydrogen-bond acceptors (Lipinski definition) is 2. The van der Waals surface area contributed by atoms with Crippen LogP contribution in [0.25, 0.3) is 0 Å². The summed E-state index contributed by atoms with van der Waals surface area (Å²) in [4.78, 5) is 22.1. The predicted molar refractivity (Wildman–Crippen MR) is 85.8 cm³/mol. The largest absolute Gasteiger partial charge is 0.481 e. The SMILES string of the molecule is O=C(O)CC(=O)CCCC(c1ccccc1)c1ccccc1. The third kappa shape index (κ3) is 4.85. The Labute approximate surface area is 130 Å². The molecular weight excluding hydrogens is 276 g/mol. The minimum absolute atomic E-state index is 0.202. The summed E-state index contributed by atoms with van der Waals surface area (Å²) in [5, 5.41) is 8.63. The van der Waals surface area contributed by atoms with Gasteiger partial charge in [0.2, 0.25) is 0 Å². The zero-order valence-electron chi connectivity index (χ0n) is 12.4. The molecule has 0 unspecified atom stereocenters. The first-order valence-corrected chi connectivity index (χ1v) is 7.50. The van der Waals surface area contributed by atoms with Gasteiger partial charge in [-0.1, -0.05) is 60.7 Å². The van der Waals surface area contributed by atoms with Crippen LogP contribution in [0.2, 0.25) is 0 Å². The van der Waals surface area contributed by atoms with Crippen LogP contribution in [0, 0.1) is 0 Å². The highest BCUT2D eigenvalue weighted by atomic mass is 16.4. The molecule has 0 fully saturated rings. The normalized spacial score (nSPS) is 10.6. The standard InChI is InChI=1S/C19H20O3/c20-17(14-19(21)22)12-7-13-18(15-8-3-1-4-9-15)16-10-5-2-6-11-16/h1-6,8-11,18H,7,12-14H2,(H,21,22). The molecule has 114 valence electrons. The van der Waals surface area contributed by atoms with Crippen molar-refractivity contribution >= 4 is 11.8 Å². The lowest BCUT2D eigenvalue weighted by Gasteiger charge is -2.18. The average molecular weight is 296 g/mol. The van der Waals surface area contributed by atoms with Gasteiger partial charge >= 0.3 is 5.97 Å². The Bertz CT molecular complexity index is 566. The van der Waals surface area contributed by atoms with Crippen LogP contribution < -0.4 is 0 Å². The summed E-state index contributed by atoms with van der Waals surface area (Å²) in [7, 11) is 0. The minimum Gasteiger partial charge on any atom is -0.481 e. The predicted octanol–water partition coefficient (Wildman–Crippen LogP) is 4.03. The number of carbonyl (C=O) groups is 2. The molecule has 0 heterocycles. The van der Waals surface area contributed by atoms with E-state index in [1.807, 2.05) is 36.4 Å². The van der Waals surface area contributed by atoms with E-state index in [1.54, 1.807) is 0 Å². The number of benzene rings is 2. The van der Waals surface area contributed by atoms with Crippen molar-refractivity contribution in [1.82, 2.24) is 0 Å². The van der Waals surface area contributed by atoms with Crippen LogP contribution in [0.3, 0.4) is 0 Å². The maximum absolute atomic E-state index is 11.5. The van der Waals surface area contributed by atoms with Crippen molar-refractivity contribution in [2.75, 3.05) is 0 Å². The van der Waals surface area contributed by atoms with Crippen molar-refractivity contribution < 1.29 is 14.7 Å². The third-order valence-electron chi connectivity index (χ3n) is 3.70. The first-order valence-electron chi connectivity index (χ1n) is 7.50. The van der Waals surface area contributed by atoms with E-state index in [-0.39, 0.29) is 18.1 Å². The Hall–Kier alpha value is -2.42. The summed E-state index contributed by atoms with van der Waals surface area (Å²) in [6.07, 6.45) is 1.48. The molecule has 0 aliphatic heterocycles. The first kappa shape index (κ1) is 16.0. The van der Waals surface area contributed by atoms with Gasteiger partial charge in [0, 0.05) is 12.3 Å². The summed E-state index contributed by atoms with van der Waals surface area (Å²) in [5.41, 5.74) is 2.44. The number of hydrogen-bond donors (Lipinski definition) is 1. The molecule has 0 saturated carbocycles. The van der Waals surface area contributed by atoms with E-state index in [9.17, 15) is 9.59 Å². The van der Waals surface area contributed by atoms with Gasteiger partial charge in [-0.25, -0.2) is 0 Å². The Kier molecular flexibility index (Phi) is 5.90. The van der Waals surface area contributed by atoms with Crippen molar-refractivity contribution in [3.8, 4) is 0 Å². The van der Waals surface area contributed by atoms with E-state index in [2.05, 4.69) is 24.3 Å². The van der Waals surface area contributed by atoms with E-state index in [0.717, 1.165) is 6.42 Å². The lowest BCUT2D eigenvalue weighted by atomic mass is 9.87. The van der Waals surface area contributed by atoms with Crippen molar-refractivity contribution in [2.24, 2.45) is 0 Å². The quantitative estimate of drug-likeness (QED) is 0.748. The van der Waals surface area contributed by atoms with Gasteiger partial charge in [-0.2, -0.15) is 0 Å². The van der Waals surface area contributed by atoms with Crippen molar-refractivity contribution in [1.29, 1.82) is 0 Å². The van der Waals surface area contributed by atoms with Gasteiger partial charge in [-0.15, -0.1) is 0 Å². The van der Waals surface area contributed by atoms with Crippen LogP contribution in [0.15, 0.2) is 60.7 Å². The van der Waals surface area contributed by atoms with Gasteiger partial charge in [0.15, 0.2) is 0 Å². The zero-order chi connectivity index (χ0) is 15.8. The van der Waals surface area contributed by atoms with E-state index in [4.69, 9.17) is 5.11 Å². The molecule has 0 spiro atoms. The van der Waals surface area contributed by atoms with Gasteiger partial charge in [-0.3, -0.25) is 9.59 Å². The fraction of sp³-hybridized carbons (Fsp3) is 0.263. The molecule has 2 aromatic carbocycles. The van der Waals surface area contributed by atoms with Crippen molar-refractivity contribution in [3.63, 3.8) is 0 Å². The van der Waals surface area contributed by atoms with Gasteiger partial charge in [0.1, 0.15) is 12.2 Å². The molecule has 0 saturated heterocycles. The van der Waals surface area contributed by atoms with E-state index in [1.165, 1.54) is 11.1 Å². The number of ketones is 1. The second kappa shape index (κ2) is 8.13. The average Bonchev–Trinajstić information content (AvgIpc) is 2.52. The van der Waals surface area contributed by atoms with Crippen LogP contribution >= 0.6 is 0 Å². The van der Waals surface area contributed by atoms with Gasteiger partial charge in [0.25, 0.3) is 0 Å². The third-order valence-corrected chi connectivity index (χ3v) is 3.70. The Morgan fingerprint density at radius 2 is 1.36 bits per heavy atom. The highest BCUT2D eigenvalue weighted by Crippen LogP contribution is 2.29. The Balaban J connectivity index is 2.03. The minimum atomic E-state index is -1.05. The molecule has 2 aromatic rings. The van der Waals surface area contributed by atoms with Crippen LogP contribution in [0.1, 0.15) is 42.7 Å². The van der Waals surface area contributed by atoms with Gasteiger partial charge < -0.3 is 5.11 Å². The number of Topliss-reactive ketones (excluding diaryl/α,β-unsaturated/α-hetero) is 1. The summed E-state index contributed by atoms with van der Waals surface area (Å²) >= 11 is 0. The molecule has 0 aliphatic carbocycles. The zero-order valence-corrected chi connectivity index (χ0v) is 12.4. The molecule has 0 aromatic heterocycles. The fourth-order valence-corrected chi connectivity index (χ4v) is 2.66. The summed E-state index contributed by atoms with van der Waals surface area (Å²) in [6, 6.07) is 20.4. The summed E-state index contributed by atoms with van der Waals surface area (Å²) in [5.74, 6) is -1.01. The number of carboxylic acid groups (broad SMARTS) is 1. The Morgan fingerprint density at radius 1 is 0.864 bits per heavy atom. The molecule has 0 atom stereocenters. The van der Waals surface area contributed by atoms with Gasteiger partial charge in [0.05, 0.1) is 0 Å². The first-order chi connectivity index (χ1) is 10.7. The van der Waals surface area contributed by atoms with Crippen LogP contribution in [0.4, 0.5) is 0 Å². The maximum atomic E-state index is 11.5. The number of aliphatic carboxylic acids is 1. The highest BCUT2D eigenvalue weighted by Gasteiger charge is 2.15. The summed E-state index contributed by atoms with van der Waals surface area (Å²) in [6.45, 7) is 0. The molecule has 0 aliphatic rings. The van der Waals surface area contributed by atoms with Crippen LogP contribution in [-0.2, 0) is 9.59 Å². The van der Waals surface area contributed by atoms with Crippen LogP contribution in [-0.4, -0.2) is 16.9 Å². The lowest BCUT2D eigenvalue weighted by molar-refractivity contribution is -0.140. The molecule has 3 nitrogen and oxygen atoms in total. The molecule has 22 heavy (non-hydrogen) atoms. The van der Waals surface area contributed by atoms with E-state index < -0.39 is 5.97 Å². The molecule has 0 bridgehead atoms. The maximum Gasteiger partial charge on any atom is 0.310 e. The number of carboxylic acids is 1. The van der Waals surface area contributed by atoms with Crippen LogP contribution in [0.5, 0.6) is 0 Å². The Morgan fingerprint density at radius 3 is 1.82 bits per heavy atom. The van der Waals surface area contributed by atoms with Crippen molar-refractivity contribution in [2.45, 2.75) is 31.6 Å². The van der Waals surface area contributed by atoms with Crippen molar-refractivity contribution in [3.05, 3.63) is 71.8 Å². The number of carbonyl (C=O) groups excluding carboxylic acids is 1. The van der Waals surface area contributed by atoms with E-state index >= 15 is 0 Å². The molecule has 0 radical (unpaired) electrons. The molecule has 0 amide bonds. The summed E-state index contributed by atoms with van der Waals surface area (Å²) < 4.78 is 0. The second-order valence-electron chi connectivity index (χ2n) is 5.38. The fourth-order valence-electron chi connectivity index (χ4n) is 2.66. The smallest absolute Gasteiger partial charge is 0.310 e. The molecule has 3 heteroatoms. The molecule has 1 N–H and O–H groups in total. The molecular formula is C19H20O3. The van der Waals surface area contributed by atoms with Gasteiger partial charge in [-0.05, 0) is 24.0 Å². The second-order valence-corrected chi connectivity index (χ2v) is 5.38. The monoisotopic (exact) mass is 296 g/mol. The number of rotatable bonds is 8.